The molecule has 0 fully saturated rings. The number of fused-ring (bicyclic) bond motifs is 1. The first-order chi connectivity index (χ1) is 16.0. The van der Waals surface area contributed by atoms with Crippen molar-refractivity contribution in [3.63, 3.8) is 0 Å². The lowest BCUT2D eigenvalue weighted by Crippen LogP contribution is -2.26. The lowest BCUT2D eigenvalue weighted by atomic mass is 10.2. The van der Waals surface area contributed by atoms with Gasteiger partial charge in [-0.1, -0.05) is 30.3 Å². The Kier molecular flexibility index (Phi) is 6.69. The predicted octanol–water partition coefficient (Wildman–Crippen LogP) is 3.87. The Morgan fingerprint density at radius 1 is 1.00 bits per heavy atom. The minimum atomic E-state index is -0.240. The number of rotatable bonds is 8. The van der Waals surface area contributed by atoms with E-state index in [0.717, 1.165) is 22.4 Å². The van der Waals surface area contributed by atoms with Crippen LogP contribution < -0.4 is 15.4 Å². The van der Waals surface area contributed by atoms with Gasteiger partial charge < -0.3 is 19.9 Å². The van der Waals surface area contributed by atoms with E-state index < -0.39 is 0 Å². The standard InChI is InChI=1S/C26H26N4O3/c1-18-7-6-10-21(15-18)33-17-25(31)28-20-11-12-23-22(16-20)29-24(30(23)2)13-14-27-26(32)19-8-4-3-5-9-19/h3-12,15-16H,13-14,17H2,1-2H3,(H,27,32)(H,28,31). The number of carbonyl (C=O) groups excluding carboxylic acids is 2. The van der Waals surface area contributed by atoms with Crippen LogP contribution in [0.15, 0.2) is 72.8 Å². The fourth-order valence-corrected chi connectivity index (χ4v) is 3.58. The normalized spacial score (nSPS) is 10.7. The maximum absolute atomic E-state index is 12.3. The molecule has 7 heteroatoms. The van der Waals surface area contributed by atoms with Crippen molar-refractivity contribution in [1.29, 1.82) is 0 Å². The maximum atomic E-state index is 12.3. The van der Waals surface area contributed by atoms with Gasteiger partial charge in [0.15, 0.2) is 6.61 Å². The fourth-order valence-electron chi connectivity index (χ4n) is 3.58. The van der Waals surface area contributed by atoms with Crippen molar-refractivity contribution in [1.82, 2.24) is 14.9 Å². The van der Waals surface area contributed by atoms with Gasteiger partial charge >= 0.3 is 0 Å². The molecule has 4 rings (SSSR count). The summed E-state index contributed by atoms with van der Waals surface area (Å²) < 4.78 is 7.56. The van der Waals surface area contributed by atoms with Gasteiger partial charge in [0.1, 0.15) is 11.6 Å². The van der Waals surface area contributed by atoms with Gasteiger partial charge in [-0.05, 0) is 55.0 Å². The van der Waals surface area contributed by atoms with Gasteiger partial charge in [-0.25, -0.2) is 4.98 Å². The number of ether oxygens (including phenoxy) is 1. The quantitative estimate of drug-likeness (QED) is 0.434. The summed E-state index contributed by atoms with van der Waals surface area (Å²) in [7, 11) is 1.94. The highest BCUT2D eigenvalue weighted by Crippen LogP contribution is 2.20. The van der Waals surface area contributed by atoms with Gasteiger partial charge in [-0.15, -0.1) is 0 Å². The van der Waals surface area contributed by atoms with E-state index in [9.17, 15) is 9.59 Å². The first-order valence-electron chi connectivity index (χ1n) is 10.8. The Hall–Kier alpha value is -4.13. The van der Waals surface area contributed by atoms with Crippen molar-refractivity contribution in [2.45, 2.75) is 13.3 Å². The highest BCUT2D eigenvalue weighted by Gasteiger charge is 2.11. The summed E-state index contributed by atoms with van der Waals surface area (Å²) in [5, 5.41) is 5.78. The predicted molar refractivity (Wildman–Crippen MR) is 128 cm³/mol. The number of hydrogen-bond donors (Lipinski definition) is 2. The van der Waals surface area contributed by atoms with Gasteiger partial charge in [0, 0.05) is 31.3 Å². The molecule has 7 nitrogen and oxygen atoms in total. The SMILES string of the molecule is Cc1cccc(OCC(=O)Nc2ccc3c(c2)nc(CCNC(=O)c2ccccc2)n3C)c1. The zero-order valence-corrected chi connectivity index (χ0v) is 18.7. The molecule has 0 aliphatic rings. The molecule has 3 aromatic carbocycles. The monoisotopic (exact) mass is 442 g/mol. The van der Waals surface area contributed by atoms with Crippen LogP contribution in [0.2, 0.25) is 0 Å². The third kappa shape index (κ3) is 5.57. The topological polar surface area (TPSA) is 85.2 Å². The molecule has 1 heterocycles. The average Bonchev–Trinajstić information content (AvgIpc) is 3.13. The third-order valence-electron chi connectivity index (χ3n) is 5.29. The van der Waals surface area contributed by atoms with E-state index >= 15 is 0 Å². The molecule has 0 aliphatic heterocycles. The van der Waals surface area contributed by atoms with Crippen LogP contribution in [-0.2, 0) is 18.3 Å². The van der Waals surface area contributed by atoms with E-state index in [0.29, 0.717) is 30.0 Å². The fraction of sp³-hybridized carbons (Fsp3) is 0.192. The Morgan fingerprint density at radius 3 is 2.61 bits per heavy atom. The van der Waals surface area contributed by atoms with Gasteiger partial charge in [-0.3, -0.25) is 9.59 Å². The highest BCUT2D eigenvalue weighted by molar-refractivity contribution is 5.94. The van der Waals surface area contributed by atoms with Crippen molar-refractivity contribution in [2.75, 3.05) is 18.5 Å². The number of anilines is 1. The number of nitrogens with one attached hydrogen (secondary N) is 2. The second kappa shape index (κ2) is 9.99. The molecule has 2 amide bonds. The Balaban J connectivity index is 1.35. The highest BCUT2D eigenvalue weighted by atomic mass is 16.5. The molecule has 0 saturated carbocycles. The molecule has 0 atom stereocenters. The number of imidazole rings is 1. The van der Waals surface area contributed by atoms with Crippen LogP contribution >= 0.6 is 0 Å². The molecule has 33 heavy (non-hydrogen) atoms. The van der Waals surface area contributed by atoms with Crippen molar-refractivity contribution >= 4 is 28.5 Å². The third-order valence-corrected chi connectivity index (χ3v) is 5.29. The summed E-state index contributed by atoms with van der Waals surface area (Å²) in [6.07, 6.45) is 0.593. The number of benzene rings is 3. The van der Waals surface area contributed by atoms with E-state index in [-0.39, 0.29) is 18.4 Å². The summed E-state index contributed by atoms with van der Waals surface area (Å²) >= 11 is 0. The van der Waals surface area contributed by atoms with Crippen LogP contribution in [0, 0.1) is 6.92 Å². The van der Waals surface area contributed by atoms with Crippen LogP contribution in [0.3, 0.4) is 0 Å². The summed E-state index contributed by atoms with van der Waals surface area (Å²) in [6, 6.07) is 22.3. The summed E-state index contributed by atoms with van der Waals surface area (Å²) in [5.74, 6) is 1.17. The average molecular weight is 443 g/mol. The largest absolute Gasteiger partial charge is 0.484 e. The minimum Gasteiger partial charge on any atom is -0.484 e. The molecule has 0 spiro atoms. The Morgan fingerprint density at radius 2 is 1.82 bits per heavy atom. The Bertz CT molecular complexity index is 1280. The van der Waals surface area contributed by atoms with E-state index in [2.05, 4.69) is 15.6 Å². The molecule has 0 saturated heterocycles. The second-order valence-electron chi connectivity index (χ2n) is 7.82. The number of amides is 2. The van der Waals surface area contributed by atoms with Crippen LogP contribution in [-0.4, -0.2) is 34.5 Å². The lowest BCUT2D eigenvalue weighted by molar-refractivity contribution is -0.118. The number of aromatic nitrogens is 2. The van der Waals surface area contributed by atoms with Crippen molar-refractivity contribution in [3.8, 4) is 5.75 Å². The van der Waals surface area contributed by atoms with Crippen LogP contribution in [0.1, 0.15) is 21.7 Å². The summed E-state index contributed by atoms with van der Waals surface area (Å²) in [5.41, 5.74) is 4.09. The van der Waals surface area contributed by atoms with Gasteiger partial charge in [-0.2, -0.15) is 0 Å². The van der Waals surface area contributed by atoms with Gasteiger partial charge in [0.2, 0.25) is 0 Å². The van der Waals surface area contributed by atoms with Crippen molar-refractivity contribution in [3.05, 3.63) is 89.7 Å². The van der Waals surface area contributed by atoms with E-state index in [1.165, 1.54) is 0 Å². The molecular formula is C26H26N4O3. The molecule has 4 aromatic rings. The Labute approximate surface area is 192 Å². The lowest BCUT2D eigenvalue weighted by Gasteiger charge is -2.08. The van der Waals surface area contributed by atoms with Crippen molar-refractivity contribution < 1.29 is 14.3 Å². The zero-order chi connectivity index (χ0) is 23.2. The van der Waals surface area contributed by atoms with E-state index in [1.54, 1.807) is 12.1 Å². The number of hydrogen-bond acceptors (Lipinski definition) is 4. The first-order valence-corrected chi connectivity index (χ1v) is 10.8. The molecular weight excluding hydrogens is 416 g/mol. The molecule has 168 valence electrons. The molecule has 1 aromatic heterocycles. The van der Waals surface area contributed by atoms with Gasteiger partial charge in [0.25, 0.3) is 11.8 Å². The molecule has 0 unspecified atom stereocenters. The summed E-state index contributed by atoms with van der Waals surface area (Å²) in [6.45, 7) is 2.38. The molecule has 0 bridgehead atoms. The first kappa shape index (κ1) is 22.1. The second-order valence-corrected chi connectivity index (χ2v) is 7.82. The number of carbonyl (C=O) groups is 2. The number of nitrogens with zero attached hydrogens (tertiary/aromatic N) is 2. The molecule has 0 aliphatic carbocycles. The number of aryl methyl sites for hydroxylation is 2. The molecule has 2 N–H and O–H groups in total. The van der Waals surface area contributed by atoms with E-state index in [1.807, 2.05) is 79.2 Å². The van der Waals surface area contributed by atoms with Gasteiger partial charge in [0.05, 0.1) is 11.0 Å². The van der Waals surface area contributed by atoms with Crippen LogP contribution in [0.25, 0.3) is 11.0 Å². The smallest absolute Gasteiger partial charge is 0.262 e. The minimum absolute atomic E-state index is 0.0733. The maximum Gasteiger partial charge on any atom is 0.262 e. The molecule has 0 radical (unpaired) electrons. The van der Waals surface area contributed by atoms with Crippen molar-refractivity contribution in [2.24, 2.45) is 7.05 Å². The van der Waals surface area contributed by atoms with Crippen LogP contribution in [0.5, 0.6) is 5.75 Å². The van der Waals surface area contributed by atoms with Crippen LogP contribution in [0.4, 0.5) is 5.69 Å². The zero-order valence-electron chi connectivity index (χ0n) is 18.7. The summed E-state index contributed by atoms with van der Waals surface area (Å²) in [4.78, 5) is 29.2. The van der Waals surface area contributed by atoms with E-state index in [4.69, 9.17) is 4.74 Å².